The minimum atomic E-state index is 0.133. The first-order chi connectivity index (χ1) is 9.72. The molecule has 1 aliphatic rings. The maximum atomic E-state index is 8.73. The normalized spacial score (nSPS) is 23.4. The van der Waals surface area contributed by atoms with E-state index in [0.29, 0.717) is 18.6 Å². The molecule has 2 atom stereocenters. The Hall–Kier alpha value is -0.860. The molecule has 1 aliphatic heterocycles. The molecule has 0 radical (unpaired) electrons. The van der Waals surface area contributed by atoms with Gasteiger partial charge in [0.2, 0.25) is 0 Å². The summed E-state index contributed by atoms with van der Waals surface area (Å²) < 4.78 is 5.74. The van der Waals surface area contributed by atoms with Gasteiger partial charge in [0, 0.05) is 41.4 Å². The standard InChI is InChI=1S/C16H23NO2S/c1-3-15-11-19-13(2)9-17(15)10-16-8-14(12-20-16)6-4-5-7-18/h8,12-13,15,18H,3,5,7,9-11H2,1-2H3. The van der Waals surface area contributed by atoms with Crippen molar-refractivity contribution in [2.24, 2.45) is 0 Å². The zero-order valence-corrected chi connectivity index (χ0v) is 13.1. The topological polar surface area (TPSA) is 32.7 Å². The van der Waals surface area contributed by atoms with E-state index < -0.39 is 0 Å². The van der Waals surface area contributed by atoms with Crippen LogP contribution in [0.2, 0.25) is 0 Å². The first-order valence-electron chi connectivity index (χ1n) is 7.25. The second-order valence-corrected chi connectivity index (χ2v) is 6.21. The van der Waals surface area contributed by atoms with E-state index in [1.807, 2.05) is 0 Å². The van der Waals surface area contributed by atoms with Gasteiger partial charge in [-0.25, -0.2) is 0 Å². The second kappa shape index (κ2) is 7.80. The molecule has 1 aromatic heterocycles. The quantitative estimate of drug-likeness (QED) is 0.866. The Morgan fingerprint density at radius 2 is 2.40 bits per heavy atom. The van der Waals surface area contributed by atoms with Gasteiger partial charge in [0.1, 0.15) is 0 Å². The van der Waals surface area contributed by atoms with Crippen LogP contribution < -0.4 is 0 Å². The van der Waals surface area contributed by atoms with Crippen LogP contribution in [0.5, 0.6) is 0 Å². The lowest BCUT2D eigenvalue weighted by Gasteiger charge is -2.38. The van der Waals surface area contributed by atoms with Crippen molar-refractivity contribution in [1.29, 1.82) is 0 Å². The fourth-order valence-electron chi connectivity index (χ4n) is 2.43. The van der Waals surface area contributed by atoms with E-state index in [1.54, 1.807) is 11.3 Å². The molecule has 0 spiro atoms. The number of thiophene rings is 1. The predicted octanol–water partition coefficient (Wildman–Crippen LogP) is 2.48. The van der Waals surface area contributed by atoms with Crippen molar-refractivity contribution in [3.8, 4) is 11.8 Å². The summed E-state index contributed by atoms with van der Waals surface area (Å²) in [5, 5.41) is 10.8. The van der Waals surface area contributed by atoms with Crippen molar-refractivity contribution in [1.82, 2.24) is 4.90 Å². The Morgan fingerprint density at radius 1 is 1.55 bits per heavy atom. The third kappa shape index (κ3) is 4.32. The average molecular weight is 293 g/mol. The van der Waals surface area contributed by atoms with E-state index in [2.05, 4.69) is 42.0 Å². The molecule has 0 bridgehead atoms. The van der Waals surface area contributed by atoms with Gasteiger partial charge in [-0.2, -0.15) is 0 Å². The van der Waals surface area contributed by atoms with Crippen molar-refractivity contribution in [2.45, 2.75) is 45.4 Å². The van der Waals surface area contributed by atoms with Crippen molar-refractivity contribution < 1.29 is 9.84 Å². The van der Waals surface area contributed by atoms with E-state index in [-0.39, 0.29) is 6.61 Å². The lowest BCUT2D eigenvalue weighted by molar-refractivity contribution is -0.0588. The van der Waals surface area contributed by atoms with Gasteiger partial charge in [-0.15, -0.1) is 11.3 Å². The smallest absolute Gasteiger partial charge is 0.0674 e. The molecule has 1 aromatic rings. The summed E-state index contributed by atoms with van der Waals surface area (Å²) >= 11 is 1.77. The van der Waals surface area contributed by atoms with Gasteiger partial charge in [0.15, 0.2) is 0 Å². The molecule has 110 valence electrons. The zero-order valence-electron chi connectivity index (χ0n) is 12.3. The number of morpholine rings is 1. The molecule has 0 aliphatic carbocycles. The van der Waals surface area contributed by atoms with Crippen LogP contribution in [0.15, 0.2) is 11.4 Å². The van der Waals surface area contributed by atoms with Crippen molar-refractivity contribution >= 4 is 11.3 Å². The van der Waals surface area contributed by atoms with Gasteiger partial charge >= 0.3 is 0 Å². The fraction of sp³-hybridized carbons (Fsp3) is 0.625. The van der Waals surface area contributed by atoms with Gasteiger partial charge in [0.25, 0.3) is 0 Å². The summed E-state index contributed by atoms with van der Waals surface area (Å²) in [5.74, 6) is 6.06. The van der Waals surface area contributed by atoms with Gasteiger partial charge in [-0.3, -0.25) is 4.90 Å². The second-order valence-electron chi connectivity index (χ2n) is 5.21. The lowest BCUT2D eigenvalue weighted by Crippen LogP contribution is -2.47. The highest BCUT2D eigenvalue weighted by Crippen LogP contribution is 2.21. The van der Waals surface area contributed by atoms with Crippen LogP contribution >= 0.6 is 11.3 Å². The fourth-order valence-corrected chi connectivity index (χ4v) is 3.27. The monoisotopic (exact) mass is 293 g/mol. The lowest BCUT2D eigenvalue weighted by atomic mass is 10.1. The summed E-state index contributed by atoms with van der Waals surface area (Å²) in [6.07, 6.45) is 1.99. The van der Waals surface area contributed by atoms with E-state index >= 15 is 0 Å². The number of aliphatic hydroxyl groups is 1. The van der Waals surface area contributed by atoms with Gasteiger partial charge in [-0.1, -0.05) is 18.8 Å². The van der Waals surface area contributed by atoms with Crippen molar-refractivity contribution in [3.05, 3.63) is 21.9 Å². The molecule has 2 unspecified atom stereocenters. The summed E-state index contributed by atoms with van der Waals surface area (Å²) in [4.78, 5) is 3.87. The van der Waals surface area contributed by atoms with Crippen LogP contribution in [0, 0.1) is 11.8 Å². The SMILES string of the molecule is CCC1COC(C)CN1Cc1cc(C#CCCO)cs1. The molecule has 1 fully saturated rings. The highest BCUT2D eigenvalue weighted by atomic mass is 32.1. The van der Waals surface area contributed by atoms with Crippen LogP contribution in [-0.4, -0.2) is 41.9 Å². The Bertz CT molecular complexity index is 474. The minimum Gasteiger partial charge on any atom is -0.395 e. The third-order valence-electron chi connectivity index (χ3n) is 3.53. The molecule has 2 heterocycles. The molecule has 20 heavy (non-hydrogen) atoms. The van der Waals surface area contributed by atoms with Crippen LogP contribution in [0.1, 0.15) is 37.1 Å². The Balaban J connectivity index is 1.96. The molecule has 2 rings (SSSR count). The van der Waals surface area contributed by atoms with Crippen molar-refractivity contribution in [2.75, 3.05) is 19.8 Å². The number of hydrogen-bond donors (Lipinski definition) is 1. The predicted molar refractivity (Wildman–Crippen MR) is 82.8 cm³/mol. The maximum Gasteiger partial charge on any atom is 0.0674 e. The first kappa shape index (κ1) is 15.5. The molecule has 0 saturated carbocycles. The number of nitrogens with zero attached hydrogens (tertiary/aromatic N) is 1. The number of aliphatic hydroxyl groups excluding tert-OH is 1. The Morgan fingerprint density at radius 3 is 3.15 bits per heavy atom. The zero-order chi connectivity index (χ0) is 14.4. The summed E-state index contributed by atoms with van der Waals surface area (Å²) in [6, 6.07) is 2.69. The number of rotatable bonds is 4. The third-order valence-corrected chi connectivity index (χ3v) is 4.46. The van der Waals surface area contributed by atoms with Gasteiger partial charge in [-0.05, 0) is 19.4 Å². The molecule has 3 nitrogen and oxygen atoms in total. The summed E-state index contributed by atoms with van der Waals surface area (Å²) in [6.45, 7) is 7.32. The highest BCUT2D eigenvalue weighted by Gasteiger charge is 2.25. The first-order valence-corrected chi connectivity index (χ1v) is 8.13. The number of hydrogen-bond acceptors (Lipinski definition) is 4. The largest absolute Gasteiger partial charge is 0.395 e. The molecule has 1 N–H and O–H groups in total. The Labute approximate surface area is 125 Å². The minimum absolute atomic E-state index is 0.133. The molecular weight excluding hydrogens is 270 g/mol. The van der Waals surface area contributed by atoms with Gasteiger partial charge < -0.3 is 9.84 Å². The molecule has 0 aromatic carbocycles. The average Bonchev–Trinajstić information content (AvgIpc) is 2.87. The van der Waals surface area contributed by atoms with E-state index in [1.165, 1.54) is 4.88 Å². The highest BCUT2D eigenvalue weighted by molar-refractivity contribution is 7.10. The van der Waals surface area contributed by atoms with Crippen molar-refractivity contribution in [3.63, 3.8) is 0 Å². The molecule has 0 amide bonds. The van der Waals surface area contributed by atoms with Gasteiger partial charge in [0.05, 0.1) is 19.3 Å². The van der Waals surface area contributed by atoms with E-state index in [4.69, 9.17) is 9.84 Å². The van der Waals surface area contributed by atoms with E-state index in [0.717, 1.165) is 31.7 Å². The number of ether oxygens (including phenoxy) is 1. The summed E-state index contributed by atoms with van der Waals surface area (Å²) in [5.41, 5.74) is 1.06. The van der Waals surface area contributed by atoms with Crippen LogP contribution in [0.4, 0.5) is 0 Å². The van der Waals surface area contributed by atoms with Crippen LogP contribution in [0.3, 0.4) is 0 Å². The molecule has 1 saturated heterocycles. The van der Waals surface area contributed by atoms with Crippen LogP contribution in [-0.2, 0) is 11.3 Å². The maximum absolute atomic E-state index is 8.73. The summed E-state index contributed by atoms with van der Waals surface area (Å²) in [7, 11) is 0. The Kier molecular flexibility index (Phi) is 6.06. The van der Waals surface area contributed by atoms with E-state index in [9.17, 15) is 0 Å². The molecular formula is C16H23NO2S. The molecule has 4 heteroatoms. The van der Waals surface area contributed by atoms with Crippen LogP contribution in [0.25, 0.3) is 0 Å².